The topological polar surface area (TPSA) is 70.1 Å². The van der Waals surface area contributed by atoms with Crippen LogP contribution in [0.5, 0.6) is 0 Å². The fraction of sp³-hybridized carbons (Fsp3) is 0.733. The minimum Gasteiger partial charge on any atom is -0.388 e. The van der Waals surface area contributed by atoms with Gasteiger partial charge >= 0.3 is 0 Å². The number of nitrogens with zero attached hydrogens (tertiary/aromatic N) is 2. The summed E-state index contributed by atoms with van der Waals surface area (Å²) in [6, 6.07) is 0. The first-order valence-electron chi connectivity index (χ1n) is 7.25. The van der Waals surface area contributed by atoms with Crippen molar-refractivity contribution >= 4 is 11.6 Å². The van der Waals surface area contributed by atoms with Crippen molar-refractivity contribution in [2.24, 2.45) is 5.92 Å². The van der Waals surface area contributed by atoms with Crippen LogP contribution in [0.25, 0.3) is 0 Å². The second-order valence-electron chi connectivity index (χ2n) is 6.34. The molecule has 0 aliphatic heterocycles. The van der Waals surface area contributed by atoms with Gasteiger partial charge in [-0.15, -0.1) is 0 Å². The number of rotatable bonds is 7. The Morgan fingerprint density at radius 1 is 1.20 bits per heavy atom. The molecule has 1 aromatic heterocycles. The number of anilines is 2. The molecule has 114 valence electrons. The Bertz CT molecular complexity index is 430. The second-order valence-corrected chi connectivity index (χ2v) is 6.34. The van der Waals surface area contributed by atoms with Gasteiger partial charge in [-0.25, -0.2) is 9.97 Å². The number of aromatic nitrogens is 2. The number of hydrogen-bond acceptors (Lipinski definition) is 5. The van der Waals surface area contributed by atoms with Crippen molar-refractivity contribution in [1.82, 2.24) is 9.97 Å². The molecule has 0 saturated carbocycles. The molecule has 0 fully saturated rings. The highest BCUT2D eigenvalue weighted by Crippen LogP contribution is 2.28. The first kappa shape index (κ1) is 16.7. The van der Waals surface area contributed by atoms with Gasteiger partial charge in [0.05, 0.1) is 5.60 Å². The molecule has 1 heterocycles. The Labute approximate surface area is 122 Å². The zero-order valence-corrected chi connectivity index (χ0v) is 13.5. The molecule has 0 aromatic carbocycles. The van der Waals surface area contributed by atoms with E-state index in [0.29, 0.717) is 18.4 Å². The van der Waals surface area contributed by atoms with Gasteiger partial charge in [0.2, 0.25) is 0 Å². The first-order valence-corrected chi connectivity index (χ1v) is 7.25. The molecule has 1 rings (SSSR count). The van der Waals surface area contributed by atoms with Crippen LogP contribution in [-0.2, 0) is 0 Å². The number of aliphatic hydroxyl groups is 1. The predicted molar refractivity (Wildman–Crippen MR) is 84.2 cm³/mol. The lowest BCUT2D eigenvalue weighted by atomic mass is 9.94. The van der Waals surface area contributed by atoms with Crippen LogP contribution in [0.1, 0.15) is 52.5 Å². The minimum absolute atomic E-state index is 0.302. The van der Waals surface area contributed by atoms with Gasteiger partial charge in [0.25, 0.3) is 0 Å². The molecule has 1 unspecified atom stereocenters. The van der Waals surface area contributed by atoms with E-state index in [2.05, 4.69) is 48.3 Å². The maximum Gasteiger partial charge on any atom is 0.135 e. The quantitative estimate of drug-likeness (QED) is 0.716. The standard InChI is InChI=1S/C15H28N4O/c1-10(2)7-15(5,20)8-17-14-12(11(3)4)13(16-6)18-9-19-14/h9-11,20H,7-8H2,1-6H3,(H2,16,17,18,19). The van der Waals surface area contributed by atoms with Crippen molar-refractivity contribution in [3.05, 3.63) is 11.9 Å². The highest BCUT2D eigenvalue weighted by Gasteiger charge is 2.23. The predicted octanol–water partition coefficient (Wildman–Crippen LogP) is 2.85. The fourth-order valence-electron chi connectivity index (χ4n) is 2.51. The van der Waals surface area contributed by atoms with Crippen molar-refractivity contribution in [2.45, 2.75) is 52.6 Å². The summed E-state index contributed by atoms with van der Waals surface area (Å²) in [5.41, 5.74) is 0.308. The highest BCUT2D eigenvalue weighted by atomic mass is 16.3. The Morgan fingerprint density at radius 2 is 1.80 bits per heavy atom. The Morgan fingerprint density at radius 3 is 2.30 bits per heavy atom. The van der Waals surface area contributed by atoms with Crippen LogP contribution < -0.4 is 10.6 Å². The Balaban J connectivity index is 2.87. The van der Waals surface area contributed by atoms with Crippen LogP contribution in [0.15, 0.2) is 6.33 Å². The van der Waals surface area contributed by atoms with E-state index in [1.165, 1.54) is 6.33 Å². The van der Waals surface area contributed by atoms with Crippen LogP contribution in [0.3, 0.4) is 0 Å². The summed E-state index contributed by atoms with van der Waals surface area (Å²) < 4.78 is 0. The van der Waals surface area contributed by atoms with Crippen molar-refractivity contribution in [3.63, 3.8) is 0 Å². The Hall–Kier alpha value is -1.36. The second kappa shape index (κ2) is 6.88. The lowest BCUT2D eigenvalue weighted by Gasteiger charge is -2.27. The third kappa shape index (κ3) is 4.63. The lowest BCUT2D eigenvalue weighted by Crippen LogP contribution is -2.35. The van der Waals surface area contributed by atoms with E-state index >= 15 is 0 Å². The zero-order chi connectivity index (χ0) is 15.3. The van der Waals surface area contributed by atoms with Gasteiger partial charge in [0.1, 0.15) is 18.0 Å². The van der Waals surface area contributed by atoms with Crippen molar-refractivity contribution in [1.29, 1.82) is 0 Å². The van der Waals surface area contributed by atoms with Crippen LogP contribution in [0, 0.1) is 5.92 Å². The van der Waals surface area contributed by atoms with E-state index in [9.17, 15) is 5.11 Å². The summed E-state index contributed by atoms with van der Waals surface area (Å²) >= 11 is 0. The molecule has 0 aliphatic rings. The maximum absolute atomic E-state index is 10.4. The van der Waals surface area contributed by atoms with Crippen LogP contribution in [-0.4, -0.2) is 34.3 Å². The summed E-state index contributed by atoms with van der Waals surface area (Å²) in [6.07, 6.45) is 2.29. The van der Waals surface area contributed by atoms with E-state index in [-0.39, 0.29) is 0 Å². The van der Waals surface area contributed by atoms with Crippen LogP contribution in [0.4, 0.5) is 11.6 Å². The molecule has 3 N–H and O–H groups in total. The van der Waals surface area contributed by atoms with E-state index in [1.807, 2.05) is 14.0 Å². The van der Waals surface area contributed by atoms with Crippen molar-refractivity contribution in [3.8, 4) is 0 Å². The lowest BCUT2D eigenvalue weighted by molar-refractivity contribution is 0.0514. The van der Waals surface area contributed by atoms with E-state index in [4.69, 9.17) is 0 Å². The smallest absolute Gasteiger partial charge is 0.135 e. The molecule has 0 aliphatic carbocycles. The first-order chi connectivity index (χ1) is 9.26. The van der Waals surface area contributed by atoms with Gasteiger partial charge in [-0.2, -0.15) is 0 Å². The summed E-state index contributed by atoms with van der Waals surface area (Å²) in [7, 11) is 1.85. The molecule has 0 amide bonds. The molecule has 20 heavy (non-hydrogen) atoms. The Kier molecular flexibility index (Phi) is 5.74. The molecular formula is C15H28N4O. The highest BCUT2D eigenvalue weighted by molar-refractivity contribution is 5.58. The van der Waals surface area contributed by atoms with E-state index in [0.717, 1.165) is 23.6 Å². The summed E-state index contributed by atoms with van der Waals surface area (Å²) in [6.45, 7) is 10.8. The molecular weight excluding hydrogens is 252 g/mol. The van der Waals surface area contributed by atoms with Gasteiger partial charge < -0.3 is 15.7 Å². The van der Waals surface area contributed by atoms with Gasteiger partial charge in [-0.1, -0.05) is 27.7 Å². The summed E-state index contributed by atoms with van der Waals surface area (Å²) in [5, 5.41) is 16.7. The third-order valence-corrected chi connectivity index (χ3v) is 3.18. The fourth-order valence-corrected chi connectivity index (χ4v) is 2.51. The number of hydrogen-bond donors (Lipinski definition) is 3. The average molecular weight is 280 g/mol. The van der Waals surface area contributed by atoms with Crippen molar-refractivity contribution < 1.29 is 5.11 Å². The average Bonchev–Trinajstić information content (AvgIpc) is 2.34. The van der Waals surface area contributed by atoms with Crippen molar-refractivity contribution in [2.75, 3.05) is 24.2 Å². The monoisotopic (exact) mass is 280 g/mol. The minimum atomic E-state index is -0.743. The molecule has 1 atom stereocenters. The summed E-state index contributed by atoms with van der Waals surface area (Å²) in [4.78, 5) is 8.56. The zero-order valence-electron chi connectivity index (χ0n) is 13.5. The molecule has 0 spiro atoms. The van der Waals surface area contributed by atoms with Gasteiger partial charge in [0.15, 0.2) is 0 Å². The van der Waals surface area contributed by atoms with Gasteiger partial charge in [0, 0.05) is 19.2 Å². The normalized spacial score (nSPS) is 14.4. The van der Waals surface area contributed by atoms with Crippen LogP contribution in [0.2, 0.25) is 0 Å². The van der Waals surface area contributed by atoms with Crippen LogP contribution >= 0.6 is 0 Å². The third-order valence-electron chi connectivity index (χ3n) is 3.18. The molecule has 1 aromatic rings. The number of nitrogens with one attached hydrogen (secondary N) is 2. The molecule has 5 nitrogen and oxygen atoms in total. The largest absolute Gasteiger partial charge is 0.388 e. The van der Waals surface area contributed by atoms with Gasteiger partial charge in [-0.05, 0) is 25.2 Å². The maximum atomic E-state index is 10.4. The van der Waals surface area contributed by atoms with E-state index < -0.39 is 5.60 Å². The molecule has 0 bridgehead atoms. The molecule has 0 saturated heterocycles. The summed E-state index contributed by atoms with van der Waals surface area (Å²) in [5.74, 6) is 2.38. The molecule has 5 heteroatoms. The molecule has 0 radical (unpaired) electrons. The van der Waals surface area contributed by atoms with E-state index in [1.54, 1.807) is 0 Å². The van der Waals surface area contributed by atoms with Gasteiger partial charge in [-0.3, -0.25) is 0 Å². The SMILES string of the molecule is CNc1ncnc(NCC(C)(O)CC(C)C)c1C(C)C.